The molecule has 3 aliphatic rings. The van der Waals surface area contributed by atoms with E-state index in [1.54, 1.807) is 0 Å². The fraction of sp³-hybridized carbons (Fsp3) is 0.647. The number of ether oxygens (including phenoxy) is 1. The first-order chi connectivity index (χ1) is 10.3. The second-order valence-corrected chi connectivity index (χ2v) is 7.08. The third-order valence-corrected chi connectivity index (χ3v) is 5.66. The Morgan fingerprint density at radius 3 is 3.14 bits per heavy atom. The molecule has 4 heteroatoms. The SMILES string of the molecule is CCC1C2CNCC2CN1Cc1cc(Cl)cc2c1OCC2. The van der Waals surface area contributed by atoms with E-state index in [1.807, 2.05) is 0 Å². The van der Waals surface area contributed by atoms with Gasteiger partial charge in [0.25, 0.3) is 0 Å². The number of fused-ring (bicyclic) bond motifs is 2. The summed E-state index contributed by atoms with van der Waals surface area (Å²) < 4.78 is 5.86. The fourth-order valence-corrected chi connectivity index (χ4v) is 4.80. The Morgan fingerprint density at radius 2 is 2.29 bits per heavy atom. The van der Waals surface area contributed by atoms with Gasteiger partial charge in [0.1, 0.15) is 5.75 Å². The molecule has 3 nitrogen and oxygen atoms in total. The highest BCUT2D eigenvalue weighted by molar-refractivity contribution is 6.30. The van der Waals surface area contributed by atoms with Gasteiger partial charge >= 0.3 is 0 Å². The third kappa shape index (κ3) is 2.36. The van der Waals surface area contributed by atoms with E-state index in [-0.39, 0.29) is 0 Å². The minimum absolute atomic E-state index is 0.695. The van der Waals surface area contributed by atoms with Crippen LogP contribution in [0.4, 0.5) is 0 Å². The monoisotopic (exact) mass is 306 g/mol. The molecule has 1 aromatic rings. The molecule has 0 spiro atoms. The Hall–Kier alpha value is -0.770. The molecular weight excluding hydrogens is 284 g/mol. The zero-order valence-corrected chi connectivity index (χ0v) is 13.3. The molecule has 2 saturated heterocycles. The van der Waals surface area contributed by atoms with Gasteiger partial charge in [-0.25, -0.2) is 0 Å². The lowest BCUT2D eigenvalue weighted by molar-refractivity contribution is 0.207. The summed E-state index contributed by atoms with van der Waals surface area (Å²) >= 11 is 6.30. The molecule has 0 amide bonds. The molecule has 3 aliphatic heterocycles. The number of rotatable bonds is 3. The minimum Gasteiger partial charge on any atom is -0.493 e. The van der Waals surface area contributed by atoms with Crippen molar-refractivity contribution in [2.75, 3.05) is 26.2 Å². The molecule has 4 rings (SSSR count). The molecule has 3 heterocycles. The van der Waals surface area contributed by atoms with Crippen LogP contribution >= 0.6 is 11.6 Å². The van der Waals surface area contributed by atoms with Crippen LogP contribution in [0.3, 0.4) is 0 Å². The van der Waals surface area contributed by atoms with Gasteiger partial charge in [-0.05, 0) is 49.0 Å². The smallest absolute Gasteiger partial charge is 0.127 e. The standard InChI is InChI=1S/C17H23ClN2O/c1-2-16-15-8-19-7-13(15)10-20(16)9-12-6-14(18)5-11-3-4-21-17(11)12/h5-6,13,15-16,19H,2-4,7-10H2,1H3. The Balaban J connectivity index is 1.59. The van der Waals surface area contributed by atoms with E-state index in [0.717, 1.165) is 42.2 Å². The fourth-order valence-electron chi connectivity index (χ4n) is 4.54. The van der Waals surface area contributed by atoms with Crippen molar-refractivity contribution in [3.8, 4) is 5.75 Å². The quantitative estimate of drug-likeness (QED) is 0.929. The van der Waals surface area contributed by atoms with Gasteiger partial charge in [-0.2, -0.15) is 0 Å². The van der Waals surface area contributed by atoms with Gasteiger partial charge in [-0.3, -0.25) is 4.90 Å². The van der Waals surface area contributed by atoms with E-state index in [1.165, 1.54) is 37.2 Å². The highest BCUT2D eigenvalue weighted by Gasteiger charge is 2.43. The number of hydrogen-bond acceptors (Lipinski definition) is 3. The highest BCUT2D eigenvalue weighted by Crippen LogP contribution is 2.38. The largest absolute Gasteiger partial charge is 0.493 e. The van der Waals surface area contributed by atoms with Crippen molar-refractivity contribution in [2.45, 2.75) is 32.4 Å². The summed E-state index contributed by atoms with van der Waals surface area (Å²) in [6.45, 7) is 7.67. The van der Waals surface area contributed by atoms with Gasteiger partial charge in [0.15, 0.2) is 0 Å². The molecule has 3 atom stereocenters. The maximum atomic E-state index is 6.30. The Kier molecular flexibility index (Phi) is 3.60. The predicted molar refractivity (Wildman–Crippen MR) is 85.0 cm³/mol. The third-order valence-electron chi connectivity index (χ3n) is 5.44. The summed E-state index contributed by atoms with van der Waals surface area (Å²) in [5.74, 6) is 2.75. The molecule has 0 aromatic heterocycles. The number of nitrogens with zero attached hydrogens (tertiary/aromatic N) is 1. The Bertz CT molecular complexity index is 548. The van der Waals surface area contributed by atoms with E-state index in [9.17, 15) is 0 Å². The number of hydrogen-bond donors (Lipinski definition) is 1. The second-order valence-electron chi connectivity index (χ2n) is 6.64. The van der Waals surface area contributed by atoms with Crippen molar-refractivity contribution in [1.82, 2.24) is 10.2 Å². The van der Waals surface area contributed by atoms with E-state index in [2.05, 4.69) is 29.3 Å². The molecular formula is C17H23ClN2O. The van der Waals surface area contributed by atoms with Gasteiger partial charge in [-0.15, -0.1) is 0 Å². The minimum atomic E-state index is 0.695. The number of halogens is 1. The van der Waals surface area contributed by atoms with Crippen LogP contribution in [0.1, 0.15) is 24.5 Å². The number of nitrogens with one attached hydrogen (secondary N) is 1. The maximum absolute atomic E-state index is 6.30. The van der Waals surface area contributed by atoms with Crippen LogP contribution in [-0.2, 0) is 13.0 Å². The summed E-state index contributed by atoms with van der Waals surface area (Å²) in [4.78, 5) is 2.66. The van der Waals surface area contributed by atoms with Gasteiger partial charge in [-0.1, -0.05) is 18.5 Å². The average molecular weight is 307 g/mol. The first kappa shape index (κ1) is 13.9. The van der Waals surface area contributed by atoms with Crippen molar-refractivity contribution in [2.24, 2.45) is 11.8 Å². The van der Waals surface area contributed by atoms with Crippen LogP contribution in [0.2, 0.25) is 5.02 Å². The molecule has 21 heavy (non-hydrogen) atoms. The van der Waals surface area contributed by atoms with Gasteiger partial charge in [0, 0.05) is 36.1 Å². The Morgan fingerprint density at radius 1 is 1.38 bits per heavy atom. The van der Waals surface area contributed by atoms with Gasteiger partial charge < -0.3 is 10.1 Å². The molecule has 0 bridgehead atoms. The van der Waals surface area contributed by atoms with Crippen molar-refractivity contribution in [1.29, 1.82) is 0 Å². The molecule has 114 valence electrons. The molecule has 0 saturated carbocycles. The first-order valence-electron chi connectivity index (χ1n) is 8.15. The normalized spacial score (nSPS) is 31.2. The molecule has 2 fully saturated rings. The zero-order chi connectivity index (χ0) is 14.4. The topological polar surface area (TPSA) is 24.5 Å². The summed E-state index contributed by atoms with van der Waals surface area (Å²) in [5, 5.41) is 4.40. The summed E-state index contributed by atoms with van der Waals surface area (Å²) in [5.41, 5.74) is 2.56. The second kappa shape index (κ2) is 5.45. The van der Waals surface area contributed by atoms with Gasteiger partial charge in [0.2, 0.25) is 0 Å². The highest BCUT2D eigenvalue weighted by atomic mass is 35.5. The first-order valence-corrected chi connectivity index (χ1v) is 8.53. The van der Waals surface area contributed by atoms with Crippen LogP contribution in [-0.4, -0.2) is 37.2 Å². The average Bonchev–Trinajstić information content (AvgIpc) is 3.12. The molecule has 1 aromatic carbocycles. The number of likely N-dealkylation sites (tertiary alicyclic amines) is 1. The summed E-state index contributed by atoms with van der Waals surface area (Å²) in [7, 11) is 0. The lowest BCUT2D eigenvalue weighted by atomic mass is 9.93. The lowest BCUT2D eigenvalue weighted by Gasteiger charge is -2.27. The van der Waals surface area contributed by atoms with E-state index in [4.69, 9.17) is 16.3 Å². The summed E-state index contributed by atoms with van der Waals surface area (Å²) in [6, 6.07) is 4.86. The van der Waals surface area contributed by atoms with Crippen molar-refractivity contribution >= 4 is 11.6 Å². The number of benzene rings is 1. The molecule has 0 aliphatic carbocycles. The molecule has 3 unspecified atom stereocenters. The van der Waals surface area contributed by atoms with Crippen LogP contribution in [0, 0.1) is 11.8 Å². The predicted octanol–water partition coefficient (Wildman–Crippen LogP) is 2.70. The summed E-state index contributed by atoms with van der Waals surface area (Å²) in [6.07, 6.45) is 2.22. The van der Waals surface area contributed by atoms with Crippen molar-refractivity contribution in [3.63, 3.8) is 0 Å². The van der Waals surface area contributed by atoms with Crippen LogP contribution in [0.5, 0.6) is 5.75 Å². The molecule has 0 radical (unpaired) electrons. The zero-order valence-electron chi connectivity index (χ0n) is 12.6. The van der Waals surface area contributed by atoms with Crippen LogP contribution in [0.15, 0.2) is 12.1 Å². The Labute approximate surface area is 131 Å². The van der Waals surface area contributed by atoms with Crippen molar-refractivity contribution < 1.29 is 4.74 Å². The van der Waals surface area contributed by atoms with E-state index in [0.29, 0.717) is 6.04 Å². The van der Waals surface area contributed by atoms with Crippen molar-refractivity contribution in [3.05, 3.63) is 28.3 Å². The van der Waals surface area contributed by atoms with Crippen LogP contribution in [0.25, 0.3) is 0 Å². The lowest BCUT2D eigenvalue weighted by Crippen LogP contribution is -2.34. The maximum Gasteiger partial charge on any atom is 0.127 e. The van der Waals surface area contributed by atoms with Crippen LogP contribution < -0.4 is 10.1 Å². The molecule has 1 N–H and O–H groups in total. The van der Waals surface area contributed by atoms with E-state index < -0.39 is 0 Å². The van der Waals surface area contributed by atoms with Gasteiger partial charge in [0.05, 0.1) is 6.61 Å². The van der Waals surface area contributed by atoms with E-state index >= 15 is 0 Å².